The van der Waals surface area contributed by atoms with Crippen LogP contribution in [0.4, 0.5) is 5.82 Å². The Hall–Kier alpha value is -3.48. The first kappa shape index (κ1) is 55.8. The number of thioether (sulfide) groups is 1. The number of phosphoric ester groups is 3. The normalized spacial score (nSPS) is 20.8. The Morgan fingerprint density at radius 2 is 1.68 bits per heavy atom. The number of amides is 2. The number of nitrogens with zero attached hydrogens (tertiary/aromatic N) is 4. The predicted octanol–water partition coefficient (Wildman–Crippen LogP) is 0.722. The van der Waals surface area contributed by atoms with Crippen LogP contribution in [0.15, 0.2) is 61.3 Å². The first-order chi connectivity index (χ1) is 30.6. The van der Waals surface area contributed by atoms with Crippen LogP contribution in [0.3, 0.4) is 0 Å². The number of carbonyl (C=O) groups excluding carboxylic acids is 3. The monoisotopic (exact) mass is 993 g/mol. The van der Waals surface area contributed by atoms with Crippen molar-refractivity contribution in [3.63, 3.8) is 0 Å². The summed E-state index contributed by atoms with van der Waals surface area (Å²) in [6, 6.07) is 0. The smallest absolute Gasteiger partial charge is 0.274 e. The Kier molecular flexibility index (Phi) is 23.0. The van der Waals surface area contributed by atoms with E-state index in [2.05, 4.69) is 68.6 Å². The molecule has 0 aromatic carbocycles. The second-order valence-corrected chi connectivity index (χ2v) is 20.0. The second-order valence-electron chi connectivity index (χ2n) is 14.8. The van der Waals surface area contributed by atoms with Crippen molar-refractivity contribution in [2.24, 2.45) is 5.41 Å². The molecule has 7 atom stereocenters. The number of aromatic nitrogens is 4. The molecule has 2 amide bonds. The number of aliphatic hydroxyl groups excluding tert-OH is 2. The van der Waals surface area contributed by atoms with E-state index in [-0.39, 0.29) is 47.4 Å². The minimum Gasteiger partial charge on any atom is -0.790 e. The van der Waals surface area contributed by atoms with Crippen molar-refractivity contribution in [2.75, 3.05) is 37.8 Å². The molecule has 1 saturated heterocycles. The Balaban J connectivity index is 1.37. The minimum absolute atomic E-state index is 0.0229. The van der Waals surface area contributed by atoms with E-state index in [1.165, 1.54) is 39.2 Å². The third-order valence-electron chi connectivity index (χ3n) is 9.05. The molecule has 364 valence electrons. The molecule has 2 aromatic heterocycles. The van der Waals surface area contributed by atoms with Crippen LogP contribution < -0.4 is 35.9 Å². The predicted molar refractivity (Wildman–Crippen MR) is 228 cm³/mol. The van der Waals surface area contributed by atoms with Gasteiger partial charge in [-0.25, -0.2) is 19.3 Å². The van der Waals surface area contributed by atoms with E-state index < -0.39 is 84.6 Å². The summed E-state index contributed by atoms with van der Waals surface area (Å²) in [5.41, 5.74) is 4.07. The van der Waals surface area contributed by atoms with Crippen LogP contribution in [-0.4, -0.2) is 103 Å². The SMILES string of the molecule is CCCCC/C=C\C/C=C\C/C=C\C=C\C(=O)SCCNC(=O)CCNC(=O)[C@H](O)C(C)(C)COP(=O)([O-])OP(=O)([O-])OC[C@H]1O[C@@H](n2cnc3c(N)ncnc32)[C@H](O)[C@@H]1OP(=O)([O-])[O-]. The van der Waals surface area contributed by atoms with Crippen molar-refractivity contribution >= 4 is 69.1 Å². The number of aliphatic hydroxyl groups is 2. The lowest BCUT2D eigenvalue weighted by Crippen LogP contribution is -2.46. The highest BCUT2D eigenvalue weighted by molar-refractivity contribution is 8.14. The van der Waals surface area contributed by atoms with Gasteiger partial charge in [0.25, 0.3) is 15.6 Å². The lowest BCUT2D eigenvalue weighted by atomic mass is 9.87. The molecule has 0 aliphatic carbocycles. The van der Waals surface area contributed by atoms with Gasteiger partial charge in [-0.15, -0.1) is 0 Å². The average molecular weight is 994 g/mol. The second kappa shape index (κ2) is 26.8. The van der Waals surface area contributed by atoms with Crippen molar-refractivity contribution in [1.82, 2.24) is 30.2 Å². The van der Waals surface area contributed by atoms with E-state index in [0.29, 0.717) is 0 Å². The van der Waals surface area contributed by atoms with Gasteiger partial charge in [-0.3, -0.25) is 28.1 Å². The Morgan fingerprint density at radius 3 is 2.38 bits per heavy atom. The summed E-state index contributed by atoms with van der Waals surface area (Å²) in [4.78, 5) is 96.5. The van der Waals surface area contributed by atoms with E-state index in [1.54, 1.807) is 12.2 Å². The Labute approximate surface area is 379 Å². The summed E-state index contributed by atoms with van der Waals surface area (Å²) < 4.78 is 60.7. The van der Waals surface area contributed by atoms with Gasteiger partial charge in [0.2, 0.25) is 16.9 Å². The summed E-state index contributed by atoms with van der Waals surface area (Å²) in [6.45, 7) is 2.22. The fraction of sp³-hybridized carbons (Fsp3) is 0.568. The maximum Gasteiger partial charge on any atom is 0.274 e. The maximum atomic E-state index is 12.6. The number of nitrogen functional groups attached to an aromatic ring is 1. The van der Waals surface area contributed by atoms with Gasteiger partial charge in [-0.05, 0) is 31.8 Å². The van der Waals surface area contributed by atoms with E-state index in [9.17, 15) is 57.9 Å². The molecular formula is C37H54N7O17P3S-4. The summed E-state index contributed by atoms with van der Waals surface area (Å²) in [6.07, 6.45) is 14.0. The molecule has 0 saturated carbocycles. The average Bonchev–Trinajstić information content (AvgIpc) is 3.79. The third kappa shape index (κ3) is 20.1. The van der Waals surface area contributed by atoms with Gasteiger partial charge >= 0.3 is 0 Å². The Bertz CT molecular complexity index is 2150. The number of hydrogen-bond acceptors (Lipinski definition) is 22. The van der Waals surface area contributed by atoms with Gasteiger partial charge in [-0.2, -0.15) is 0 Å². The molecule has 24 nitrogen and oxygen atoms in total. The zero-order valence-corrected chi connectivity index (χ0v) is 39.3. The summed E-state index contributed by atoms with van der Waals surface area (Å²) in [5, 5.41) is 26.1. The molecule has 1 aliphatic rings. The van der Waals surface area contributed by atoms with Gasteiger partial charge in [-0.1, -0.05) is 87.9 Å². The number of carbonyl (C=O) groups is 3. The molecule has 65 heavy (non-hydrogen) atoms. The molecule has 6 N–H and O–H groups in total. The van der Waals surface area contributed by atoms with Crippen LogP contribution in [0.2, 0.25) is 0 Å². The number of hydrogen-bond donors (Lipinski definition) is 5. The highest BCUT2D eigenvalue weighted by atomic mass is 32.2. The molecule has 28 heteroatoms. The topological polar surface area (TPSA) is 375 Å². The molecule has 0 bridgehead atoms. The maximum absolute atomic E-state index is 12.6. The number of phosphoric acid groups is 3. The number of fused-ring (bicyclic) bond motifs is 1. The van der Waals surface area contributed by atoms with E-state index >= 15 is 0 Å². The minimum atomic E-state index is -5.92. The van der Waals surface area contributed by atoms with Crippen molar-refractivity contribution in [2.45, 2.75) is 96.4 Å². The highest BCUT2D eigenvalue weighted by Gasteiger charge is 2.47. The van der Waals surface area contributed by atoms with Crippen molar-refractivity contribution in [1.29, 1.82) is 0 Å². The number of ether oxygens (including phenoxy) is 1. The fourth-order valence-corrected chi connectivity index (χ4v) is 8.99. The third-order valence-corrected chi connectivity index (χ3v) is 12.9. The summed E-state index contributed by atoms with van der Waals surface area (Å²) in [7, 11) is -17.6. The number of anilines is 1. The number of unbranched alkanes of at least 4 members (excludes halogenated alkanes) is 3. The molecule has 0 radical (unpaired) electrons. The Morgan fingerprint density at radius 1 is 0.985 bits per heavy atom. The molecule has 2 aromatic rings. The number of allylic oxidation sites excluding steroid dienone is 7. The lowest BCUT2D eigenvalue weighted by molar-refractivity contribution is -0.347. The van der Waals surface area contributed by atoms with E-state index in [4.69, 9.17) is 10.5 Å². The quantitative estimate of drug-likeness (QED) is 0.0246. The zero-order valence-electron chi connectivity index (χ0n) is 35.8. The number of rotatable bonds is 29. The van der Waals surface area contributed by atoms with Gasteiger partial charge in [0.05, 0.1) is 27.4 Å². The van der Waals surface area contributed by atoms with Crippen LogP contribution >= 0.6 is 35.2 Å². The van der Waals surface area contributed by atoms with Crippen LogP contribution in [0.25, 0.3) is 11.2 Å². The van der Waals surface area contributed by atoms with Crippen LogP contribution in [0, 0.1) is 5.41 Å². The van der Waals surface area contributed by atoms with Gasteiger partial charge < -0.3 is 69.0 Å². The van der Waals surface area contributed by atoms with E-state index in [0.717, 1.165) is 48.2 Å². The van der Waals surface area contributed by atoms with Crippen LogP contribution in [-0.2, 0) is 50.7 Å². The summed E-state index contributed by atoms with van der Waals surface area (Å²) in [5.74, 6) is -1.28. The van der Waals surface area contributed by atoms with Gasteiger partial charge in [0.1, 0.15) is 36.3 Å². The van der Waals surface area contributed by atoms with Crippen molar-refractivity contribution in [3.8, 4) is 0 Å². The molecule has 1 fully saturated rings. The van der Waals surface area contributed by atoms with Crippen molar-refractivity contribution in [3.05, 3.63) is 61.3 Å². The summed E-state index contributed by atoms with van der Waals surface area (Å²) >= 11 is 1.00. The molecule has 1 aliphatic heterocycles. The first-order valence-corrected chi connectivity index (χ1v) is 25.5. The van der Waals surface area contributed by atoms with Gasteiger partial charge in [0.15, 0.2) is 17.7 Å². The van der Waals surface area contributed by atoms with Gasteiger partial charge in [0, 0.05) is 30.7 Å². The molecular weight excluding hydrogens is 939 g/mol. The largest absolute Gasteiger partial charge is 0.790 e. The standard InChI is InChI=1S/C37H58N7O17P3S/c1-4-5-6-7-8-9-10-11-12-13-14-15-16-17-28(46)65-21-20-39-27(45)18-19-40-35(49)32(48)37(2,3)23-58-64(55,56)61-63(53,54)57-22-26-31(60-62(50,51)52)30(47)36(59-26)44-25-43-29-33(38)41-24-42-34(29)44/h8-9,11-12,14-17,24-26,30-32,36,47-48H,4-7,10,13,18-23H2,1-3H3,(H,39,45)(H,40,49)(H,53,54)(H,55,56)(H2,38,41,42)(H2,50,51,52)/p-4/b9-8-,12-11-,15-14-,17-16+/t26-,30-,31-,32+,36-/m1/s1. The van der Waals surface area contributed by atoms with E-state index in [1.807, 2.05) is 12.2 Å². The molecule has 0 spiro atoms. The number of imidazole rings is 1. The molecule has 3 rings (SSSR count). The first-order valence-electron chi connectivity index (χ1n) is 20.2. The van der Waals surface area contributed by atoms with Crippen LogP contribution in [0.5, 0.6) is 0 Å². The number of nitrogens with two attached hydrogens (primary N) is 1. The highest BCUT2D eigenvalue weighted by Crippen LogP contribution is 2.56. The number of nitrogens with one attached hydrogen (secondary N) is 2. The molecule has 2 unspecified atom stereocenters. The van der Waals surface area contributed by atoms with Crippen LogP contribution in [0.1, 0.15) is 71.9 Å². The molecule has 3 heterocycles. The zero-order chi connectivity index (χ0) is 48.3. The lowest BCUT2D eigenvalue weighted by Gasteiger charge is -2.36. The van der Waals surface area contributed by atoms with Crippen molar-refractivity contribution < 1.29 is 80.5 Å². The fourth-order valence-electron chi connectivity index (χ4n) is 5.67.